The molecule has 0 amide bonds. The first-order valence-electron chi connectivity index (χ1n) is 8.38. The van der Waals surface area contributed by atoms with Crippen LogP contribution in [0.5, 0.6) is 5.75 Å². The average molecular weight is 296 g/mol. The lowest BCUT2D eigenvalue weighted by Crippen LogP contribution is -2.36. The van der Waals surface area contributed by atoms with Gasteiger partial charge in [0, 0.05) is 11.6 Å². The maximum Gasteiger partial charge on any atom is 0.119 e. The van der Waals surface area contributed by atoms with Crippen molar-refractivity contribution < 1.29 is 4.74 Å². The van der Waals surface area contributed by atoms with Gasteiger partial charge in [0.15, 0.2) is 0 Å². The third kappa shape index (κ3) is 2.11. The molecule has 0 aromatic heterocycles. The first-order chi connectivity index (χ1) is 10.8. The molecule has 1 N–H and O–H groups in total. The Labute approximate surface area is 132 Å². The normalized spacial score (nSPS) is 29.9. The van der Waals surface area contributed by atoms with E-state index in [0.717, 1.165) is 11.7 Å². The van der Waals surface area contributed by atoms with Crippen molar-refractivity contribution in [1.29, 1.82) is 0 Å². The lowest BCUT2D eigenvalue weighted by Gasteiger charge is -2.31. The van der Waals surface area contributed by atoms with Crippen LogP contribution in [0.2, 0.25) is 0 Å². The van der Waals surface area contributed by atoms with Gasteiger partial charge < -0.3 is 10.2 Å². The van der Waals surface area contributed by atoms with Crippen LogP contribution in [0.3, 0.4) is 0 Å². The van der Waals surface area contributed by atoms with Crippen molar-refractivity contribution in [3.63, 3.8) is 0 Å². The Bertz CT molecular complexity index is 617. The van der Waals surface area contributed by atoms with E-state index in [4.69, 9.17) is 4.74 Å². The van der Waals surface area contributed by atoms with Crippen LogP contribution in [0.25, 0.3) is 0 Å². The minimum atomic E-state index is 0.493. The molecule has 1 aromatic carbocycles. The molecule has 22 heavy (non-hydrogen) atoms. The van der Waals surface area contributed by atoms with E-state index in [1.54, 1.807) is 12.7 Å². The standard InChI is InChI=1S/C19H24N2O/c1-13-17-12-7-14-5-3-4-6-18(14)19(17)20-21(13)15-8-10-16(22-2)11-9-15/h4,6,8-11,13-14,17,20H,3,5,7,12H2,1-2H3. The molecule has 1 saturated heterocycles. The van der Waals surface area contributed by atoms with E-state index in [1.807, 2.05) is 12.1 Å². The van der Waals surface area contributed by atoms with Crippen LogP contribution in [0.4, 0.5) is 5.69 Å². The second-order valence-corrected chi connectivity index (χ2v) is 6.65. The van der Waals surface area contributed by atoms with Crippen molar-refractivity contribution in [1.82, 2.24) is 5.43 Å². The van der Waals surface area contributed by atoms with Crippen molar-refractivity contribution in [2.75, 3.05) is 12.1 Å². The van der Waals surface area contributed by atoms with Gasteiger partial charge in [0.25, 0.3) is 0 Å². The monoisotopic (exact) mass is 296 g/mol. The number of methoxy groups -OCH3 is 1. The molecule has 0 radical (unpaired) electrons. The third-order valence-electron chi connectivity index (χ3n) is 5.51. The summed E-state index contributed by atoms with van der Waals surface area (Å²) in [6, 6.07) is 8.84. The SMILES string of the molecule is COc1ccc(N2NC3=C4C=CCCC4CCC3C2C)cc1. The van der Waals surface area contributed by atoms with Gasteiger partial charge in [-0.15, -0.1) is 0 Å². The number of nitrogens with zero attached hydrogens (tertiary/aromatic N) is 1. The first-order valence-corrected chi connectivity index (χ1v) is 8.38. The lowest BCUT2D eigenvalue weighted by molar-refractivity contribution is 0.391. The van der Waals surface area contributed by atoms with Crippen LogP contribution >= 0.6 is 0 Å². The second-order valence-electron chi connectivity index (χ2n) is 6.65. The Morgan fingerprint density at radius 1 is 1.14 bits per heavy atom. The quantitative estimate of drug-likeness (QED) is 0.891. The predicted molar refractivity (Wildman–Crippen MR) is 89.7 cm³/mol. The van der Waals surface area contributed by atoms with Gasteiger partial charge in [-0.05, 0) is 68.4 Å². The summed E-state index contributed by atoms with van der Waals surface area (Å²) >= 11 is 0. The van der Waals surface area contributed by atoms with Crippen molar-refractivity contribution in [2.45, 2.75) is 38.6 Å². The van der Waals surface area contributed by atoms with E-state index in [9.17, 15) is 0 Å². The number of hydrogen-bond donors (Lipinski definition) is 1. The molecule has 1 aromatic rings. The van der Waals surface area contributed by atoms with Crippen LogP contribution in [0, 0.1) is 11.8 Å². The van der Waals surface area contributed by atoms with Crippen LogP contribution in [0.15, 0.2) is 47.7 Å². The van der Waals surface area contributed by atoms with Crippen molar-refractivity contribution in [2.24, 2.45) is 11.8 Å². The fourth-order valence-electron chi connectivity index (χ4n) is 4.23. The molecule has 2 aliphatic carbocycles. The first kappa shape index (κ1) is 13.7. The van der Waals surface area contributed by atoms with Crippen LogP contribution in [0.1, 0.15) is 32.6 Å². The fourth-order valence-corrected chi connectivity index (χ4v) is 4.23. The van der Waals surface area contributed by atoms with E-state index in [2.05, 4.69) is 41.6 Å². The highest BCUT2D eigenvalue weighted by molar-refractivity contribution is 5.53. The van der Waals surface area contributed by atoms with Gasteiger partial charge >= 0.3 is 0 Å². The Morgan fingerprint density at radius 3 is 2.73 bits per heavy atom. The third-order valence-corrected chi connectivity index (χ3v) is 5.51. The molecule has 0 saturated carbocycles. The summed E-state index contributed by atoms with van der Waals surface area (Å²) in [5.74, 6) is 2.31. The highest BCUT2D eigenvalue weighted by atomic mass is 16.5. The van der Waals surface area contributed by atoms with Gasteiger partial charge in [0.1, 0.15) is 5.75 Å². The zero-order valence-corrected chi connectivity index (χ0v) is 13.4. The second kappa shape index (κ2) is 5.38. The number of rotatable bonds is 2. The minimum absolute atomic E-state index is 0.493. The predicted octanol–water partition coefficient (Wildman–Crippen LogP) is 4.04. The van der Waals surface area contributed by atoms with E-state index in [-0.39, 0.29) is 0 Å². The summed E-state index contributed by atoms with van der Waals surface area (Å²) in [5, 5.41) is 2.33. The number of ether oxygens (including phenoxy) is 1. The Kier molecular flexibility index (Phi) is 3.36. The van der Waals surface area contributed by atoms with Gasteiger partial charge in [-0.3, -0.25) is 5.01 Å². The van der Waals surface area contributed by atoms with E-state index in [0.29, 0.717) is 12.0 Å². The maximum absolute atomic E-state index is 5.27. The molecule has 0 spiro atoms. The molecule has 3 aliphatic rings. The molecule has 0 bridgehead atoms. The molecular formula is C19H24N2O. The number of nitrogens with one attached hydrogen (secondary N) is 1. The van der Waals surface area contributed by atoms with Gasteiger partial charge in [-0.1, -0.05) is 12.2 Å². The summed E-state index contributed by atoms with van der Waals surface area (Å²) in [7, 11) is 1.71. The summed E-state index contributed by atoms with van der Waals surface area (Å²) < 4.78 is 5.27. The molecular weight excluding hydrogens is 272 g/mol. The number of allylic oxidation sites excluding steroid dienone is 3. The lowest BCUT2D eigenvalue weighted by atomic mass is 9.74. The molecule has 3 nitrogen and oxygen atoms in total. The average Bonchev–Trinajstić information content (AvgIpc) is 2.92. The number of hydrogen-bond acceptors (Lipinski definition) is 3. The van der Waals surface area contributed by atoms with E-state index >= 15 is 0 Å². The summed E-state index contributed by atoms with van der Waals surface area (Å²) in [6.07, 6.45) is 9.91. The zero-order valence-electron chi connectivity index (χ0n) is 13.4. The van der Waals surface area contributed by atoms with Crippen molar-refractivity contribution in [3.05, 3.63) is 47.7 Å². The van der Waals surface area contributed by atoms with E-state index in [1.165, 1.54) is 37.1 Å². The highest BCUT2D eigenvalue weighted by Gasteiger charge is 2.40. The summed E-state index contributed by atoms with van der Waals surface area (Å²) in [6.45, 7) is 2.34. The smallest absolute Gasteiger partial charge is 0.119 e. The largest absolute Gasteiger partial charge is 0.497 e. The fraction of sp³-hybridized carbons (Fsp3) is 0.474. The van der Waals surface area contributed by atoms with Crippen LogP contribution in [-0.2, 0) is 0 Å². The molecule has 1 aliphatic heterocycles. The topological polar surface area (TPSA) is 24.5 Å². The van der Waals surface area contributed by atoms with Crippen molar-refractivity contribution >= 4 is 5.69 Å². The number of benzene rings is 1. The summed E-state index contributed by atoms with van der Waals surface area (Å²) in [5.41, 5.74) is 7.96. The Balaban J connectivity index is 1.67. The minimum Gasteiger partial charge on any atom is -0.497 e. The van der Waals surface area contributed by atoms with Crippen LogP contribution < -0.4 is 15.2 Å². The van der Waals surface area contributed by atoms with Gasteiger partial charge in [0.2, 0.25) is 0 Å². The van der Waals surface area contributed by atoms with Gasteiger partial charge in [-0.2, -0.15) is 0 Å². The Hall–Kier alpha value is -1.90. The number of hydrazine groups is 1. The molecule has 1 fully saturated rings. The Morgan fingerprint density at radius 2 is 1.95 bits per heavy atom. The zero-order chi connectivity index (χ0) is 15.1. The molecule has 1 heterocycles. The maximum atomic E-state index is 5.27. The highest BCUT2D eigenvalue weighted by Crippen LogP contribution is 2.44. The molecule has 4 rings (SSSR count). The van der Waals surface area contributed by atoms with Gasteiger partial charge in [-0.25, -0.2) is 0 Å². The van der Waals surface area contributed by atoms with Gasteiger partial charge in [0.05, 0.1) is 18.8 Å². The molecule has 3 unspecified atom stereocenters. The van der Waals surface area contributed by atoms with Crippen molar-refractivity contribution in [3.8, 4) is 5.75 Å². The molecule has 3 heteroatoms. The summed E-state index contributed by atoms with van der Waals surface area (Å²) in [4.78, 5) is 0. The molecule has 3 atom stereocenters. The molecule has 116 valence electrons. The number of fused-ring (bicyclic) bond motifs is 2. The van der Waals surface area contributed by atoms with E-state index < -0.39 is 0 Å². The van der Waals surface area contributed by atoms with Crippen LogP contribution in [-0.4, -0.2) is 13.2 Å². The number of anilines is 1.